The monoisotopic (exact) mass is 448 g/mol. The highest BCUT2D eigenvalue weighted by Crippen LogP contribution is 2.24. The normalized spacial score (nSPS) is 12.7. The predicted molar refractivity (Wildman–Crippen MR) is 131 cm³/mol. The van der Waals surface area contributed by atoms with Crippen molar-refractivity contribution in [2.45, 2.75) is 44.9 Å². The van der Waals surface area contributed by atoms with Crippen LogP contribution in [0.5, 0.6) is 5.75 Å². The van der Waals surface area contributed by atoms with Crippen molar-refractivity contribution in [3.8, 4) is 5.75 Å². The first-order valence-electron chi connectivity index (χ1n) is 11.1. The Balaban J connectivity index is 1.65. The molecule has 0 radical (unpaired) electrons. The lowest BCUT2D eigenvalue weighted by atomic mass is 9.97. The molecule has 2 atom stereocenters. The van der Waals surface area contributed by atoms with Crippen molar-refractivity contribution < 1.29 is 14.3 Å². The maximum absolute atomic E-state index is 12.6. The van der Waals surface area contributed by atoms with E-state index in [1.165, 1.54) is 0 Å². The molecule has 0 aliphatic heterocycles. The second-order valence-corrected chi connectivity index (χ2v) is 7.88. The summed E-state index contributed by atoms with van der Waals surface area (Å²) in [6.45, 7) is 2.62. The Morgan fingerprint density at radius 1 is 1.09 bits per heavy atom. The summed E-state index contributed by atoms with van der Waals surface area (Å²) in [5.41, 5.74) is 15.4. The number of hydrogen-bond acceptors (Lipinski definition) is 6. The highest BCUT2D eigenvalue weighted by molar-refractivity contribution is 6.05. The number of pyridine rings is 1. The van der Waals surface area contributed by atoms with E-state index in [0.29, 0.717) is 17.9 Å². The lowest BCUT2D eigenvalue weighted by Gasteiger charge is -2.25. The smallest absolute Gasteiger partial charge is 0.255 e. The van der Waals surface area contributed by atoms with Gasteiger partial charge < -0.3 is 26.3 Å². The zero-order chi connectivity index (χ0) is 23.6. The Labute approximate surface area is 195 Å². The third kappa shape index (κ3) is 6.78. The molecule has 33 heavy (non-hydrogen) atoms. The molecule has 0 aliphatic carbocycles. The van der Waals surface area contributed by atoms with Gasteiger partial charge in [0, 0.05) is 11.8 Å². The molecule has 1 aromatic heterocycles. The molecule has 2 unspecified atom stereocenters. The minimum atomic E-state index is -0.305. The van der Waals surface area contributed by atoms with E-state index in [9.17, 15) is 4.79 Å². The summed E-state index contributed by atoms with van der Waals surface area (Å²) < 4.78 is 11.4. The Hall–Kier alpha value is -3.42. The fourth-order valence-corrected chi connectivity index (χ4v) is 3.49. The molecule has 7 nitrogen and oxygen atoms in total. The minimum absolute atomic E-state index is 0.137. The third-order valence-corrected chi connectivity index (χ3v) is 5.51. The summed E-state index contributed by atoms with van der Waals surface area (Å²) in [5, 5.41) is 2.78. The van der Waals surface area contributed by atoms with Gasteiger partial charge in [-0.25, -0.2) is 4.98 Å². The molecule has 0 fully saturated rings. The van der Waals surface area contributed by atoms with E-state index in [2.05, 4.69) is 17.2 Å². The van der Waals surface area contributed by atoms with Crippen molar-refractivity contribution in [1.82, 2.24) is 4.98 Å². The maximum Gasteiger partial charge on any atom is 0.255 e. The standard InChI is InChI=1S/C26H32N4O3/c1-3-4-7-23(33-17-18-8-14-21(32-2)15-9-18)24(27)19-10-12-20(13-11-19)26(31)30-22-6-5-16-29-25(22)28/h5-6,8-16,23-24H,3-4,7,17,27H2,1-2H3,(H2,28,29)(H,30,31). The third-order valence-electron chi connectivity index (χ3n) is 5.51. The number of benzene rings is 2. The number of carbonyl (C=O) groups excluding carboxylic acids is 1. The van der Waals surface area contributed by atoms with Crippen LogP contribution in [0.3, 0.4) is 0 Å². The van der Waals surface area contributed by atoms with Gasteiger partial charge in [-0.1, -0.05) is 44.0 Å². The van der Waals surface area contributed by atoms with E-state index < -0.39 is 0 Å². The second-order valence-electron chi connectivity index (χ2n) is 7.88. The SMILES string of the molecule is CCCCC(OCc1ccc(OC)cc1)C(N)c1ccc(C(=O)Nc2cccnc2N)cc1. The van der Waals surface area contributed by atoms with Crippen LogP contribution in [0, 0.1) is 0 Å². The van der Waals surface area contributed by atoms with Crippen molar-refractivity contribution >= 4 is 17.4 Å². The number of anilines is 2. The van der Waals surface area contributed by atoms with E-state index in [-0.39, 0.29) is 23.9 Å². The summed E-state index contributed by atoms with van der Waals surface area (Å²) in [4.78, 5) is 16.5. The van der Waals surface area contributed by atoms with Gasteiger partial charge in [-0.3, -0.25) is 4.79 Å². The molecular weight excluding hydrogens is 416 g/mol. The maximum atomic E-state index is 12.6. The van der Waals surface area contributed by atoms with Crippen LogP contribution in [-0.2, 0) is 11.3 Å². The summed E-state index contributed by atoms with van der Waals surface area (Å²) >= 11 is 0. The molecule has 0 bridgehead atoms. The van der Waals surface area contributed by atoms with Crippen LogP contribution in [0.1, 0.15) is 53.7 Å². The number of rotatable bonds is 11. The van der Waals surface area contributed by atoms with Gasteiger partial charge in [0.2, 0.25) is 0 Å². The second kappa shape index (κ2) is 12.0. The van der Waals surface area contributed by atoms with Crippen molar-refractivity contribution in [3.63, 3.8) is 0 Å². The Morgan fingerprint density at radius 2 is 1.82 bits per heavy atom. The molecule has 0 saturated heterocycles. The zero-order valence-electron chi connectivity index (χ0n) is 19.2. The largest absolute Gasteiger partial charge is 0.497 e. The summed E-state index contributed by atoms with van der Waals surface area (Å²) in [5.74, 6) is 0.832. The fourth-order valence-electron chi connectivity index (χ4n) is 3.49. The highest BCUT2D eigenvalue weighted by Gasteiger charge is 2.21. The minimum Gasteiger partial charge on any atom is -0.497 e. The number of methoxy groups -OCH3 is 1. The first kappa shape index (κ1) is 24.2. The number of nitrogens with two attached hydrogens (primary N) is 2. The van der Waals surface area contributed by atoms with Crippen LogP contribution in [0.25, 0.3) is 0 Å². The Morgan fingerprint density at radius 3 is 2.45 bits per heavy atom. The van der Waals surface area contributed by atoms with Crippen molar-refractivity contribution in [2.24, 2.45) is 5.73 Å². The number of aromatic nitrogens is 1. The van der Waals surface area contributed by atoms with Gasteiger partial charge in [0.15, 0.2) is 0 Å². The van der Waals surface area contributed by atoms with Gasteiger partial charge in [0.1, 0.15) is 11.6 Å². The molecule has 174 valence electrons. The lowest BCUT2D eigenvalue weighted by molar-refractivity contribution is 0.0161. The first-order chi connectivity index (χ1) is 16.0. The molecule has 0 aliphatic rings. The molecule has 1 amide bonds. The summed E-state index contributed by atoms with van der Waals surface area (Å²) in [7, 11) is 1.65. The molecule has 1 heterocycles. The Bertz CT molecular complexity index is 1020. The van der Waals surface area contributed by atoms with E-state index in [1.54, 1.807) is 37.6 Å². The van der Waals surface area contributed by atoms with Gasteiger partial charge in [-0.15, -0.1) is 0 Å². The van der Waals surface area contributed by atoms with Crippen molar-refractivity contribution in [1.29, 1.82) is 0 Å². The van der Waals surface area contributed by atoms with Gasteiger partial charge in [0.25, 0.3) is 5.91 Å². The number of unbranched alkanes of at least 4 members (excludes halogenated alkanes) is 1. The molecule has 3 aromatic rings. The van der Waals surface area contributed by atoms with Crippen LogP contribution in [-0.4, -0.2) is 24.1 Å². The number of nitrogen functional groups attached to an aromatic ring is 1. The average molecular weight is 449 g/mol. The van der Waals surface area contributed by atoms with Gasteiger partial charge in [0.05, 0.1) is 31.5 Å². The van der Waals surface area contributed by atoms with Gasteiger partial charge >= 0.3 is 0 Å². The topological polar surface area (TPSA) is 112 Å². The number of carbonyl (C=O) groups is 1. The van der Waals surface area contributed by atoms with E-state index in [1.807, 2.05) is 36.4 Å². The van der Waals surface area contributed by atoms with Crippen LogP contribution in [0.2, 0.25) is 0 Å². The molecule has 7 heteroatoms. The Kier molecular flexibility index (Phi) is 8.80. The van der Waals surface area contributed by atoms with Crippen LogP contribution >= 0.6 is 0 Å². The molecule has 0 spiro atoms. The number of amides is 1. The summed E-state index contributed by atoms with van der Waals surface area (Å²) in [6.07, 6.45) is 4.38. The average Bonchev–Trinajstić information content (AvgIpc) is 2.85. The molecule has 0 saturated carbocycles. The van der Waals surface area contributed by atoms with E-state index in [4.69, 9.17) is 20.9 Å². The highest BCUT2D eigenvalue weighted by atomic mass is 16.5. The van der Waals surface area contributed by atoms with Crippen LogP contribution in [0.4, 0.5) is 11.5 Å². The van der Waals surface area contributed by atoms with Crippen molar-refractivity contribution in [2.75, 3.05) is 18.2 Å². The molecule has 3 rings (SSSR count). The predicted octanol–water partition coefficient (Wildman–Crippen LogP) is 4.70. The fraction of sp³-hybridized carbons (Fsp3) is 0.308. The van der Waals surface area contributed by atoms with Crippen LogP contribution < -0.4 is 21.5 Å². The number of ether oxygens (including phenoxy) is 2. The van der Waals surface area contributed by atoms with E-state index in [0.717, 1.165) is 36.1 Å². The molecule has 5 N–H and O–H groups in total. The lowest BCUT2D eigenvalue weighted by Crippen LogP contribution is -2.29. The number of nitrogens with zero attached hydrogens (tertiary/aromatic N) is 1. The molecule has 2 aromatic carbocycles. The van der Waals surface area contributed by atoms with Crippen molar-refractivity contribution in [3.05, 3.63) is 83.6 Å². The number of nitrogens with one attached hydrogen (secondary N) is 1. The van der Waals surface area contributed by atoms with Gasteiger partial charge in [-0.05, 0) is 53.9 Å². The van der Waals surface area contributed by atoms with Gasteiger partial charge in [-0.2, -0.15) is 0 Å². The quantitative estimate of drug-likeness (QED) is 0.392. The zero-order valence-corrected chi connectivity index (χ0v) is 19.2. The number of hydrogen-bond donors (Lipinski definition) is 3. The van der Waals surface area contributed by atoms with Crippen LogP contribution in [0.15, 0.2) is 66.9 Å². The first-order valence-corrected chi connectivity index (χ1v) is 11.1. The molecular formula is C26H32N4O3. The summed E-state index contributed by atoms with van der Waals surface area (Å²) in [6, 6.07) is 18.2. The van der Waals surface area contributed by atoms with E-state index >= 15 is 0 Å².